The highest BCUT2D eigenvalue weighted by Gasteiger charge is 2.04. The Morgan fingerprint density at radius 3 is 2.89 bits per heavy atom. The molecule has 2 aromatic rings. The van der Waals surface area contributed by atoms with Crippen LogP contribution < -0.4 is 10.5 Å². The molecule has 1 heterocycles. The van der Waals surface area contributed by atoms with Crippen LogP contribution >= 0.6 is 0 Å². The van der Waals surface area contributed by atoms with E-state index >= 15 is 0 Å². The Labute approximate surface area is 112 Å². The van der Waals surface area contributed by atoms with E-state index in [1.54, 1.807) is 4.68 Å². The fourth-order valence-corrected chi connectivity index (χ4v) is 1.64. The Morgan fingerprint density at radius 2 is 2.26 bits per heavy atom. The van der Waals surface area contributed by atoms with Gasteiger partial charge >= 0.3 is 0 Å². The quantitative estimate of drug-likeness (QED) is 0.832. The van der Waals surface area contributed by atoms with E-state index in [0.717, 1.165) is 22.7 Å². The molecule has 0 atom stereocenters. The molecule has 0 aliphatic rings. The molecule has 0 aliphatic carbocycles. The molecule has 0 saturated heterocycles. The zero-order chi connectivity index (χ0) is 13.7. The molecule has 19 heavy (non-hydrogen) atoms. The first-order valence-corrected chi connectivity index (χ1v) is 5.96. The zero-order valence-electron chi connectivity index (χ0n) is 11.1. The Morgan fingerprint density at radius 1 is 1.42 bits per heavy atom. The van der Waals surface area contributed by atoms with Crippen molar-refractivity contribution in [2.45, 2.75) is 13.5 Å². The van der Waals surface area contributed by atoms with Crippen LogP contribution in [0, 0.1) is 18.8 Å². The molecule has 2 rings (SSSR count). The van der Waals surface area contributed by atoms with E-state index in [4.69, 9.17) is 10.5 Å². The van der Waals surface area contributed by atoms with Crippen molar-refractivity contribution in [2.75, 3.05) is 6.54 Å². The van der Waals surface area contributed by atoms with Crippen molar-refractivity contribution in [3.63, 3.8) is 0 Å². The minimum absolute atomic E-state index is 0.365. The van der Waals surface area contributed by atoms with E-state index in [2.05, 4.69) is 21.9 Å². The average Bonchev–Trinajstić information content (AvgIpc) is 2.81. The first-order chi connectivity index (χ1) is 9.20. The molecule has 5 heteroatoms. The molecule has 1 aromatic heterocycles. The fraction of sp³-hybridized carbons (Fsp3) is 0.286. The highest BCUT2D eigenvalue weighted by molar-refractivity contribution is 5.43. The second kappa shape index (κ2) is 6.03. The maximum absolute atomic E-state index is 5.73. The summed E-state index contributed by atoms with van der Waals surface area (Å²) in [6.07, 6.45) is 1.51. The SMILES string of the molecule is Cc1cc(C#CCN)ccc1OCc1ncnn1C. The molecule has 0 unspecified atom stereocenters. The number of hydrogen-bond acceptors (Lipinski definition) is 4. The predicted octanol–water partition coefficient (Wildman–Crippen LogP) is 1.01. The van der Waals surface area contributed by atoms with E-state index in [9.17, 15) is 0 Å². The van der Waals surface area contributed by atoms with E-state index in [-0.39, 0.29) is 0 Å². The van der Waals surface area contributed by atoms with Gasteiger partial charge in [-0.3, -0.25) is 4.68 Å². The monoisotopic (exact) mass is 256 g/mol. The molecule has 2 N–H and O–H groups in total. The van der Waals surface area contributed by atoms with Crippen LogP contribution in [0.1, 0.15) is 17.0 Å². The minimum Gasteiger partial charge on any atom is -0.485 e. The van der Waals surface area contributed by atoms with Gasteiger partial charge in [0.2, 0.25) is 0 Å². The number of hydrogen-bond donors (Lipinski definition) is 1. The van der Waals surface area contributed by atoms with Crippen LogP contribution in [0.3, 0.4) is 0 Å². The van der Waals surface area contributed by atoms with Crippen molar-refractivity contribution in [3.05, 3.63) is 41.5 Å². The van der Waals surface area contributed by atoms with Crippen LogP contribution in [0.25, 0.3) is 0 Å². The molecule has 0 aliphatic heterocycles. The van der Waals surface area contributed by atoms with Gasteiger partial charge in [0.25, 0.3) is 0 Å². The summed E-state index contributed by atoms with van der Waals surface area (Å²) in [6.45, 7) is 2.74. The summed E-state index contributed by atoms with van der Waals surface area (Å²) in [5.41, 5.74) is 7.32. The predicted molar refractivity (Wildman–Crippen MR) is 72.4 cm³/mol. The summed E-state index contributed by atoms with van der Waals surface area (Å²) in [4.78, 5) is 4.11. The lowest BCUT2D eigenvalue weighted by atomic mass is 10.1. The van der Waals surface area contributed by atoms with Crippen molar-refractivity contribution < 1.29 is 4.74 Å². The van der Waals surface area contributed by atoms with Crippen LogP contribution in [0.4, 0.5) is 0 Å². The number of aromatic nitrogens is 3. The number of rotatable bonds is 3. The molecular formula is C14H16N4O. The van der Waals surface area contributed by atoms with Crippen LogP contribution in [0.5, 0.6) is 5.75 Å². The van der Waals surface area contributed by atoms with Gasteiger partial charge in [0.05, 0.1) is 6.54 Å². The summed E-state index contributed by atoms with van der Waals surface area (Å²) in [6, 6.07) is 5.81. The Kier molecular flexibility index (Phi) is 4.16. The lowest BCUT2D eigenvalue weighted by molar-refractivity contribution is 0.288. The molecule has 0 saturated carbocycles. The molecule has 0 bridgehead atoms. The van der Waals surface area contributed by atoms with Crippen LogP contribution in [-0.4, -0.2) is 21.3 Å². The van der Waals surface area contributed by atoms with Gasteiger partial charge in [-0.2, -0.15) is 5.10 Å². The van der Waals surface area contributed by atoms with Gasteiger partial charge in [-0.05, 0) is 30.7 Å². The summed E-state index contributed by atoms with van der Waals surface area (Å²) in [5.74, 6) is 7.43. The summed E-state index contributed by atoms with van der Waals surface area (Å²) in [5, 5.41) is 3.99. The number of ether oxygens (including phenoxy) is 1. The highest BCUT2D eigenvalue weighted by atomic mass is 16.5. The van der Waals surface area contributed by atoms with Crippen LogP contribution in [-0.2, 0) is 13.7 Å². The fourth-order valence-electron chi connectivity index (χ4n) is 1.64. The molecule has 1 aromatic carbocycles. The van der Waals surface area contributed by atoms with E-state index in [1.165, 1.54) is 6.33 Å². The number of aryl methyl sites for hydroxylation is 2. The van der Waals surface area contributed by atoms with Crippen molar-refractivity contribution in [1.82, 2.24) is 14.8 Å². The number of benzene rings is 1. The van der Waals surface area contributed by atoms with Gasteiger partial charge in [0.15, 0.2) is 5.82 Å². The third-order valence-electron chi connectivity index (χ3n) is 2.67. The largest absolute Gasteiger partial charge is 0.485 e. The van der Waals surface area contributed by atoms with E-state index in [0.29, 0.717) is 13.2 Å². The van der Waals surface area contributed by atoms with Gasteiger partial charge in [-0.1, -0.05) is 11.8 Å². The first kappa shape index (κ1) is 13.1. The van der Waals surface area contributed by atoms with Crippen LogP contribution in [0.2, 0.25) is 0 Å². The van der Waals surface area contributed by atoms with Gasteiger partial charge in [0.1, 0.15) is 18.7 Å². The summed E-state index contributed by atoms with van der Waals surface area (Å²) >= 11 is 0. The molecule has 98 valence electrons. The summed E-state index contributed by atoms with van der Waals surface area (Å²) < 4.78 is 7.42. The third kappa shape index (κ3) is 3.33. The Balaban J connectivity index is 2.07. The average molecular weight is 256 g/mol. The lowest BCUT2D eigenvalue weighted by Crippen LogP contribution is -2.05. The van der Waals surface area contributed by atoms with Crippen LogP contribution in [0.15, 0.2) is 24.5 Å². The van der Waals surface area contributed by atoms with Crippen molar-refractivity contribution in [1.29, 1.82) is 0 Å². The van der Waals surface area contributed by atoms with Gasteiger partial charge < -0.3 is 10.5 Å². The minimum atomic E-state index is 0.365. The van der Waals surface area contributed by atoms with Crippen molar-refractivity contribution in [3.8, 4) is 17.6 Å². The Hall–Kier alpha value is -2.32. The molecule has 0 amide bonds. The summed E-state index contributed by atoms with van der Waals surface area (Å²) in [7, 11) is 1.84. The standard InChI is InChI=1S/C14H16N4O/c1-11-8-12(4-3-7-15)5-6-13(11)19-9-14-16-10-17-18(14)2/h5-6,8,10H,7,9,15H2,1-2H3. The second-order valence-electron chi connectivity index (χ2n) is 4.07. The maximum atomic E-state index is 5.73. The second-order valence-corrected chi connectivity index (χ2v) is 4.07. The first-order valence-electron chi connectivity index (χ1n) is 5.96. The molecule has 5 nitrogen and oxygen atoms in total. The smallest absolute Gasteiger partial charge is 0.164 e. The molecule has 0 fully saturated rings. The van der Waals surface area contributed by atoms with Gasteiger partial charge in [0, 0.05) is 12.6 Å². The van der Waals surface area contributed by atoms with Gasteiger partial charge in [-0.15, -0.1) is 0 Å². The molecule has 0 radical (unpaired) electrons. The highest BCUT2D eigenvalue weighted by Crippen LogP contribution is 2.19. The van der Waals surface area contributed by atoms with E-state index < -0.39 is 0 Å². The molecular weight excluding hydrogens is 240 g/mol. The Bertz CT molecular complexity index is 622. The van der Waals surface area contributed by atoms with E-state index in [1.807, 2.05) is 32.2 Å². The zero-order valence-corrected chi connectivity index (χ0v) is 11.1. The number of nitrogens with zero attached hydrogens (tertiary/aromatic N) is 3. The lowest BCUT2D eigenvalue weighted by Gasteiger charge is -2.08. The maximum Gasteiger partial charge on any atom is 0.164 e. The third-order valence-corrected chi connectivity index (χ3v) is 2.67. The van der Waals surface area contributed by atoms with Crippen molar-refractivity contribution >= 4 is 0 Å². The number of nitrogens with two attached hydrogens (primary N) is 1. The molecule has 0 spiro atoms. The normalized spacial score (nSPS) is 9.84. The van der Waals surface area contributed by atoms with Crippen molar-refractivity contribution in [2.24, 2.45) is 12.8 Å². The topological polar surface area (TPSA) is 66.0 Å². The van der Waals surface area contributed by atoms with Gasteiger partial charge in [-0.25, -0.2) is 4.98 Å².